The van der Waals surface area contributed by atoms with Gasteiger partial charge in [-0.2, -0.15) is 0 Å². The number of hydrogen-bond acceptors (Lipinski definition) is 7. The number of benzene rings is 2. The second-order valence-electron chi connectivity index (χ2n) is 5.79. The van der Waals surface area contributed by atoms with Crippen molar-refractivity contribution in [3.63, 3.8) is 0 Å². The summed E-state index contributed by atoms with van der Waals surface area (Å²) in [6, 6.07) is 12.4. The van der Waals surface area contributed by atoms with E-state index in [0.29, 0.717) is 33.6 Å². The molecule has 0 saturated carbocycles. The number of pyridine rings is 1. The molecular formula is C21H20N2O5. The molecule has 1 aromatic heterocycles. The molecule has 0 amide bonds. The molecule has 0 saturated heterocycles. The van der Waals surface area contributed by atoms with Gasteiger partial charge in [0.25, 0.3) is 0 Å². The smallest absolute Gasteiger partial charge is 0.341 e. The molecule has 7 heteroatoms. The molecule has 144 valence electrons. The Labute approximate surface area is 162 Å². The Kier molecular flexibility index (Phi) is 5.74. The molecule has 0 aliphatic heterocycles. The molecular weight excluding hydrogens is 360 g/mol. The summed E-state index contributed by atoms with van der Waals surface area (Å²) in [6.45, 7) is 1.96. The average Bonchev–Trinajstić information content (AvgIpc) is 2.73. The molecule has 0 aliphatic rings. The number of nitrogens with one attached hydrogen (secondary N) is 1. The fourth-order valence-corrected chi connectivity index (χ4v) is 2.88. The summed E-state index contributed by atoms with van der Waals surface area (Å²) in [5, 5.41) is 3.82. The molecule has 0 radical (unpaired) electrons. The highest BCUT2D eigenvalue weighted by atomic mass is 16.5. The van der Waals surface area contributed by atoms with Crippen molar-refractivity contribution in [2.75, 3.05) is 26.1 Å². The van der Waals surface area contributed by atoms with Crippen molar-refractivity contribution in [2.45, 2.75) is 6.92 Å². The Morgan fingerprint density at radius 2 is 1.79 bits per heavy atom. The second kappa shape index (κ2) is 8.39. The van der Waals surface area contributed by atoms with Gasteiger partial charge in [-0.1, -0.05) is 24.3 Å². The van der Waals surface area contributed by atoms with Crippen LogP contribution in [0.25, 0.3) is 10.9 Å². The van der Waals surface area contributed by atoms with E-state index in [1.54, 1.807) is 38.3 Å². The number of hydrogen-bond donors (Lipinski definition) is 1. The maximum Gasteiger partial charge on any atom is 0.341 e. The van der Waals surface area contributed by atoms with Gasteiger partial charge in [-0.05, 0) is 25.1 Å². The molecule has 2 aromatic carbocycles. The van der Waals surface area contributed by atoms with Gasteiger partial charge in [0.1, 0.15) is 11.3 Å². The maximum atomic E-state index is 12.5. The summed E-state index contributed by atoms with van der Waals surface area (Å²) in [7, 11) is 2.87. The van der Waals surface area contributed by atoms with Gasteiger partial charge in [0.05, 0.1) is 43.3 Å². The number of esters is 2. The van der Waals surface area contributed by atoms with Crippen LogP contribution in [0.5, 0.6) is 5.75 Å². The lowest BCUT2D eigenvalue weighted by Crippen LogP contribution is -2.11. The van der Waals surface area contributed by atoms with Crippen molar-refractivity contribution in [3.05, 3.63) is 59.8 Å². The van der Waals surface area contributed by atoms with Crippen molar-refractivity contribution < 1.29 is 23.8 Å². The van der Waals surface area contributed by atoms with Crippen LogP contribution in [-0.2, 0) is 9.47 Å². The average molecular weight is 380 g/mol. The van der Waals surface area contributed by atoms with E-state index in [1.165, 1.54) is 13.3 Å². The quantitative estimate of drug-likeness (QED) is 0.648. The van der Waals surface area contributed by atoms with Crippen LogP contribution in [0.15, 0.2) is 48.7 Å². The Morgan fingerprint density at radius 3 is 2.50 bits per heavy atom. The summed E-state index contributed by atoms with van der Waals surface area (Å²) in [5.74, 6) is -0.422. The van der Waals surface area contributed by atoms with Gasteiger partial charge in [0.2, 0.25) is 0 Å². The standard InChI is InChI=1S/C21H20N2O5/c1-4-28-21(25)15-12-22-18-13(8-7-9-14(18)20(24)27-3)19(15)23-16-10-5-6-11-17(16)26-2/h5-12H,4H2,1-3H3,(H,22,23). The van der Waals surface area contributed by atoms with E-state index in [0.717, 1.165) is 0 Å². The molecule has 0 atom stereocenters. The Bertz CT molecular complexity index is 1030. The number of methoxy groups -OCH3 is 2. The summed E-state index contributed by atoms with van der Waals surface area (Å²) in [6.07, 6.45) is 1.39. The van der Waals surface area contributed by atoms with Crippen LogP contribution < -0.4 is 10.1 Å². The van der Waals surface area contributed by atoms with Crippen molar-refractivity contribution in [3.8, 4) is 5.75 Å². The fraction of sp³-hybridized carbons (Fsp3) is 0.190. The molecule has 1 N–H and O–H groups in total. The summed E-state index contributed by atoms with van der Waals surface area (Å²) in [5.41, 5.74) is 2.10. The topological polar surface area (TPSA) is 86.8 Å². The summed E-state index contributed by atoms with van der Waals surface area (Å²) >= 11 is 0. The summed E-state index contributed by atoms with van der Waals surface area (Å²) in [4.78, 5) is 29.0. The van der Waals surface area contributed by atoms with Crippen molar-refractivity contribution in [1.29, 1.82) is 0 Å². The van der Waals surface area contributed by atoms with Crippen LogP contribution in [-0.4, -0.2) is 37.7 Å². The third kappa shape index (κ3) is 3.59. The number of ether oxygens (including phenoxy) is 3. The fourth-order valence-electron chi connectivity index (χ4n) is 2.88. The van der Waals surface area contributed by atoms with Gasteiger partial charge in [-0.15, -0.1) is 0 Å². The first kappa shape index (κ1) is 19.2. The van der Waals surface area contributed by atoms with E-state index >= 15 is 0 Å². The highest BCUT2D eigenvalue weighted by Crippen LogP contribution is 2.34. The predicted octanol–water partition coefficient (Wildman–Crippen LogP) is 3.95. The second-order valence-corrected chi connectivity index (χ2v) is 5.79. The van der Waals surface area contributed by atoms with Gasteiger partial charge < -0.3 is 19.5 Å². The number of nitrogens with zero attached hydrogens (tertiary/aromatic N) is 1. The normalized spacial score (nSPS) is 10.4. The Hall–Kier alpha value is -3.61. The molecule has 0 aliphatic carbocycles. The van der Waals surface area contributed by atoms with Crippen LogP contribution in [0.3, 0.4) is 0 Å². The zero-order valence-electron chi connectivity index (χ0n) is 15.8. The van der Waals surface area contributed by atoms with Crippen LogP contribution in [0.2, 0.25) is 0 Å². The molecule has 1 heterocycles. The molecule has 0 unspecified atom stereocenters. The summed E-state index contributed by atoms with van der Waals surface area (Å²) < 4.78 is 15.4. The number of anilines is 2. The van der Waals surface area contributed by atoms with Gasteiger partial charge in [0, 0.05) is 11.6 Å². The minimum Gasteiger partial charge on any atom is -0.495 e. The van der Waals surface area contributed by atoms with E-state index in [1.807, 2.05) is 18.2 Å². The number of aromatic nitrogens is 1. The molecule has 3 aromatic rings. The SMILES string of the molecule is CCOC(=O)c1cnc2c(C(=O)OC)cccc2c1Nc1ccccc1OC. The van der Waals surface area contributed by atoms with Crippen LogP contribution in [0, 0.1) is 0 Å². The zero-order chi connectivity index (χ0) is 20.1. The number of para-hydroxylation sites is 3. The molecule has 7 nitrogen and oxygen atoms in total. The number of carbonyl (C=O) groups is 2. The maximum absolute atomic E-state index is 12.5. The van der Waals surface area contributed by atoms with Gasteiger partial charge >= 0.3 is 11.9 Å². The minimum atomic E-state index is -0.516. The third-order valence-electron chi connectivity index (χ3n) is 4.16. The Morgan fingerprint density at radius 1 is 1.00 bits per heavy atom. The van der Waals surface area contributed by atoms with Crippen molar-refractivity contribution in [2.24, 2.45) is 0 Å². The van der Waals surface area contributed by atoms with Crippen molar-refractivity contribution >= 4 is 34.2 Å². The number of rotatable bonds is 6. The van der Waals surface area contributed by atoms with E-state index in [4.69, 9.17) is 14.2 Å². The van der Waals surface area contributed by atoms with E-state index in [-0.39, 0.29) is 12.2 Å². The first-order chi connectivity index (χ1) is 13.6. The number of carbonyl (C=O) groups excluding carboxylic acids is 2. The largest absolute Gasteiger partial charge is 0.495 e. The van der Waals surface area contributed by atoms with Gasteiger partial charge in [-0.3, -0.25) is 4.98 Å². The Balaban J connectivity index is 2.24. The van der Waals surface area contributed by atoms with E-state index in [2.05, 4.69) is 10.3 Å². The lowest BCUT2D eigenvalue weighted by Gasteiger charge is -2.16. The lowest BCUT2D eigenvalue weighted by molar-refractivity contribution is 0.0526. The third-order valence-corrected chi connectivity index (χ3v) is 4.16. The monoisotopic (exact) mass is 380 g/mol. The molecule has 0 bridgehead atoms. The predicted molar refractivity (Wildman–Crippen MR) is 105 cm³/mol. The van der Waals surface area contributed by atoms with Crippen molar-refractivity contribution in [1.82, 2.24) is 4.98 Å². The van der Waals surface area contributed by atoms with E-state index in [9.17, 15) is 9.59 Å². The highest BCUT2D eigenvalue weighted by molar-refractivity contribution is 6.11. The lowest BCUT2D eigenvalue weighted by atomic mass is 10.0. The van der Waals surface area contributed by atoms with Crippen LogP contribution in [0.1, 0.15) is 27.6 Å². The van der Waals surface area contributed by atoms with Crippen LogP contribution >= 0.6 is 0 Å². The molecule has 28 heavy (non-hydrogen) atoms. The first-order valence-electron chi connectivity index (χ1n) is 8.67. The highest BCUT2D eigenvalue weighted by Gasteiger charge is 2.21. The van der Waals surface area contributed by atoms with E-state index < -0.39 is 11.9 Å². The zero-order valence-corrected chi connectivity index (χ0v) is 15.8. The number of fused-ring (bicyclic) bond motifs is 1. The minimum absolute atomic E-state index is 0.229. The molecule has 0 fully saturated rings. The first-order valence-corrected chi connectivity index (χ1v) is 8.67. The molecule has 0 spiro atoms. The van der Waals surface area contributed by atoms with Crippen LogP contribution in [0.4, 0.5) is 11.4 Å². The molecule has 3 rings (SSSR count). The van der Waals surface area contributed by atoms with Gasteiger partial charge in [0.15, 0.2) is 0 Å². The van der Waals surface area contributed by atoms with Gasteiger partial charge in [-0.25, -0.2) is 9.59 Å².